The van der Waals surface area contributed by atoms with Gasteiger partial charge in [-0.05, 0) is 61.9 Å². The number of carboxylic acids is 1. The highest BCUT2D eigenvalue weighted by Crippen LogP contribution is 2.49. The van der Waals surface area contributed by atoms with E-state index in [0.29, 0.717) is 23.5 Å². The predicted octanol–water partition coefficient (Wildman–Crippen LogP) is 6.92. The van der Waals surface area contributed by atoms with Crippen molar-refractivity contribution in [1.29, 1.82) is 0 Å². The summed E-state index contributed by atoms with van der Waals surface area (Å²) >= 11 is 0. The molecule has 2 aromatic rings. The topological polar surface area (TPSA) is 81.7 Å². The zero-order valence-electron chi connectivity index (χ0n) is 20.3. The molecule has 2 unspecified atom stereocenters. The Kier molecular flexibility index (Phi) is 7.76. The maximum Gasteiger partial charge on any atom is 0.390 e. The van der Waals surface area contributed by atoms with Crippen molar-refractivity contribution in [2.45, 2.75) is 70.0 Å². The number of benzene rings is 2. The van der Waals surface area contributed by atoms with Crippen LogP contribution in [-0.2, 0) is 4.79 Å². The number of carbonyl (C=O) groups is 2. The predicted molar refractivity (Wildman–Crippen MR) is 134 cm³/mol. The van der Waals surface area contributed by atoms with Gasteiger partial charge >= 0.3 is 18.2 Å². The van der Waals surface area contributed by atoms with Crippen LogP contribution in [0.5, 0.6) is 0 Å². The van der Waals surface area contributed by atoms with Gasteiger partial charge in [0.15, 0.2) is 0 Å². The summed E-state index contributed by atoms with van der Waals surface area (Å²) < 4.78 is 39.6. The lowest BCUT2D eigenvalue weighted by atomic mass is 9.93. The zero-order valence-corrected chi connectivity index (χ0v) is 20.3. The molecule has 36 heavy (non-hydrogen) atoms. The van der Waals surface area contributed by atoms with E-state index in [1.807, 2.05) is 19.1 Å². The molecule has 2 amide bonds. The molecule has 0 heterocycles. The number of urea groups is 1. The minimum Gasteiger partial charge on any atom is -0.481 e. The van der Waals surface area contributed by atoms with Crippen molar-refractivity contribution in [2.75, 3.05) is 22.1 Å². The number of aliphatic carboxylic acids is 1. The second-order valence-corrected chi connectivity index (χ2v) is 9.86. The van der Waals surface area contributed by atoms with Crippen LogP contribution in [0.4, 0.5) is 35.0 Å². The quantitative estimate of drug-likeness (QED) is 0.365. The molecule has 0 radical (unpaired) electrons. The highest BCUT2D eigenvalue weighted by molar-refractivity contribution is 6.02. The largest absolute Gasteiger partial charge is 0.481 e. The summed E-state index contributed by atoms with van der Waals surface area (Å²) in [4.78, 5) is 26.1. The monoisotopic (exact) mass is 503 g/mol. The molecule has 0 spiro atoms. The Hall–Kier alpha value is -3.23. The van der Waals surface area contributed by atoms with E-state index in [1.165, 1.54) is 0 Å². The van der Waals surface area contributed by atoms with Crippen LogP contribution in [0.25, 0.3) is 0 Å². The molecule has 0 saturated heterocycles. The number of rotatable bonds is 8. The molecule has 194 valence electrons. The van der Waals surface area contributed by atoms with Crippen LogP contribution in [0, 0.1) is 12.8 Å². The lowest BCUT2D eigenvalue weighted by Gasteiger charge is -2.37. The first-order valence-corrected chi connectivity index (χ1v) is 12.5. The number of carboxylic acid groups (broad SMARTS) is 1. The van der Waals surface area contributed by atoms with Gasteiger partial charge in [-0.15, -0.1) is 0 Å². The Bertz CT molecular complexity index is 1080. The van der Waals surface area contributed by atoms with Crippen molar-refractivity contribution in [3.8, 4) is 0 Å². The zero-order chi connectivity index (χ0) is 25.9. The summed E-state index contributed by atoms with van der Waals surface area (Å²) in [5, 5.41) is 15.0. The minimum absolute atomic E-state index is 0.0552. The summed E-state index contributed by atoms with van der Waals surface area (Å²) in [7, 11) is 0. The Labute approximate surface area is 208 Å². The van der Waals surface area contributed by atoms with Crippen LogP contribution in [0.3, 0.4) is 0 Å². The third-order valence-electron chi connectivity index (χ3n) is 7.08. The molecule has 3 N–H and O–H groups in total. The number of hydrogen-bond acceptors (Lipinski definition) is 3. The van der Waals surface area contributed by atoms with Crippen molar-refractivity contribution >= 4 is 29.1 Å². The lowest BCUT2D eigenvalue weighted by Crippen LogP contribution is -2.39. The van der Waals surface area contributed by atoms with E-state index in [4.69, 9.17) is 0 Å². The number of hydrogen-bond donors (Lipinski definition) is 3. The maximum absolute atomic E-state index is 13.2. The third kappa shape index (κ3) is 6.71. The summed E-state index contributed by atoms with van der Waals surface area (Å²) in [6.45, 7) is 1.73. The van der Waals surface area contributed by atoms with Crippen LogP contribution in [0.1, 0.15) is 62.0 Å². The highest BCUT2D eigenvalue weighted by atomic mass is 19.4. The van der Waals surface area contributed by atoms with Crippen molar-refractivity contribution < 1.29 is 27.9 Å². The van der Waals surface area contributed by atoms with Crippen molar-refractivity contribution in [3.05, 3.63) is 53.6 Å². The molecule has 9 heteroatoms. The first kappa shape index (κ1) is 25.9. The normalized spacial score (nSPS) is 20.0. The number of aryl methyl sites for hydroxylation is 1. The number of carbonyl (C=O) groups excluding carboxylic acids is 1. The Balaban J connectivity index is 1.63. The molecule has 2 aromatic carbocycles. The number of alkyl halides is 3. The van der Waals surface area contributed by atoms with Crippen LogP contribution < -0.4 is 15.5 Å². The molecule has 0 aromatic heterocycles. The fraction of sp³-hybridized carbons (Fsp3) is 0.481. The van der Waals surface area contributed by atoms with E-state index in [0.717, 1.165) is 43.2 Å². The molecule has 2 aliphatic rings. The Morgan fingerprint density at radius 3 is 2.33 bits per heavy atom. The molecule has 4 rings (SSSR count). The fourth-order valence-corrected chi connectivity index (χ4v) is 5.03. The Morgan fingerprint density at radius 2 is 1.72 bits per heavy atom. The molecule has 0 aliphatic heterocycles. The number of amides is 2. The number of anilines is 3. The molecular formula is C27H32F3N3O3. The van der Waals surface area contributed by atoms with Gasteiger partial charge < -0.3 is 20.6 Å². The molecular weight excluding hydrogens is 471 g/mol. The van der Waals surface area contributed by atoms with Crippen molar-refractivity contribution in [3.63, 3.8) is 0 Å². The third-order valence-corrected chi connectivity index (χ3v) is 7.08. The van der Waals surface area contributed by atoms with E-state index in [2.05, 4.69) is 10.6 Å². The average Bonchev–Trinajstić information content (AvgIpc) is 3.63. The summed E-state index contributed by atoms with van der Waals surface area (Å²) in [6, 6.07) is 11.9. The molecule has 6 nitrogen and oxygen atoms in total. The van der Waals surface area contributed by atoms with Gasteiger partial charge in [0.1, 0.15) is 0 Å². The van der Waals surface area contributed by atoms with E-state index >= 15 is 0 Å². The lowest BCUT2D eigenvalue weighted by molar-refractivity contribution is -0.138. The maximum atomic E-state index is 13.2. The number of nitrogens with one attached hydrogen (secondary N) is 2. The second-order valence-electron chi connectivity index (χ2n) is 9.86. The van der Waals surface area contributed by atoms with Gasteiger partial charge in [0, 0.05) is 18.3 Å². The van der Waals surface area contributed by atoms with Gasteiger partial charge in [-0.1, -0.05) is 43.0 Å². The fourth-order valence-electron chi connectivity index (χ4n) is 5.03. The van der Waals surface area contributed by atoms with Gasteiger partial charge in [0.2, 0.25) is 0 Å². The van der Waals surface area contributed by atoms with E-state index < -0.39 is 30.5 Å². The Morgan fingerprint density at radius 1 is 1.03 bits per heavy atom. The van der Waals surface area contributed by atoms with Crippen molar-refractivity contribution in [1.82, 2.24) is 0 Å². The minimum atomic E-state index is -4.30. The van der Waals surface area contributed by atoms with Crippen LogP contribution in [0.2, 0.25) is 0 Å². The van der Waals surface area contributed by atoms with Crippen LogP contribution >= 0.6 is 0 Å². The summed E-state index contributed by atoms with van der Waals surface area (Å²) in [5.41, 5.74) is 3.31. The number of halogens is 3. The van der Waals surface area contributed by atoms with Gasteiger partial charge in [0.25, 0.3) is 0 Å². The first-order chi connectivity index (χ1) is 17.1. The average molecular weight is 504 g/mol. The highest BCUT2D eigenvalue weighted by Gasteiger charge is 2.44. The van der Waals surface area contributed by atoms with E-state index in [1.54, 1.807) is 35.2 Å². The molecule has 0 bridgehead atoms. The molecule has 2 atom stereocenters. The van der Waals surface area contributed by atoms with Gasteiger partial charge in [-0.25, -0.2) is 4.79 Å². The molecule has 2 aliphatic carbocycles. The van der Waals surface area contributed by atoms with E-state index in [-0.39, 0.29) is 18.5 Å². The smallest absolute Gasteiger partial charge is 0.390 e. The number of nitrogens with zero attached hydrogens (tertiary/aromatic N) is 1. The van der Waals surface area contributed by atoms with E-state index in [9.17, 15) is 27.9 Å². The van der Waals surface area contributed by atoms with Crippen LogP contribution in [0.15, 0.2) is 42.5 Å². The first-order valence-electron chi connectivity index (χ1n) is 12.5. The second kappa shape index (κ2) is 10.8. The van der Waals surface area contributed by atoms with Gasteiger partial charge in [-0.3, -0.25) is 4.79 Å². The van der Waals surface area contributed by atoms with Crippen LogP contribution in [-0.4, -0.2) is 35.9 Å². The van der Waals surface area contributed by atoms with Gasteiger partial charge in [-0.2, -0.15) is 13.2 Å². The molecule has 2 saturated carbocycles. The summed E-state index contributed by atoms with van der Waals surface area (Å²) in [6.07, 6.45) is -0.212. The summed E-state index contributed by atoms with van der Waals surface area (Å²) in [5.74, 6) is -1.52. The standard InChI is InChI=1S/C27H32F3N3O3/c1-17-7-10-19(11-8-17)31-26(36)32-23-15-18(21-16-22(21)25(34)35)9-12-24(23)33(14-13-27(28,29)30)20-5-3-2-4-6-20/h7-12,15,20-22H,2-6,13-14,16H2,1H3,(H,34,35)(H2,31,32,36). The van der Waals surface area contributed by atoms with Gasteiger partial charge in [0.05, 0.1) is 23.7 Å². The van der Waals surface area contributed by atoms with Crippen molar-refractivity contribution in [2.24, 2.45) is 5.92 Å². The SMILES string of the molecule is Cc1ccc(NC(=O)Nc2cc(C3CC3C(=O)O)ccc2N(CCC(F)(F)F)C2CCCCC2)cc1. The molecule has 2 fully saturated rings.